The molecule has 1 aliphatic rings. The number of hydrogen-bond acceptors (Lipinski definition) is 2. The summed E-state index contributed by atoms with van der Waals surface area (Å²) < 4.78 is 39.8. The predicted octanol–water partition coefficient (Wildman–Crippen LogP) is 4.81. The van der Waals surface area contributed by atoms with Crippen LogP contribution in [0, 0.1) is 6.92 Å². The van der Waals surface area contributed by atoms with Gasteiger partial charge in [-0.25, -0.2) is 4.79 Å². The Labute approximate surface area is 153 Å². The van der Waals surface area contributed by atoms with Gasteiger partial charge in [0.1, 0.15) is 0 Å². The lowest BCUT2D eigenvalue weighted by Crippen LogP contribution is -2.35. The van der Waals surface area contributed by atoms with Gasteiger partial charge in [-0.1, -0.05) is 19.3 Å². The molecule has 0 radical (unpaired) electrons. The summed E-state index contributed by atoms with van der Waals surface area (Å²) in [6.07, 6.45) is 2.72. The van der Waals surface area contributed by atoms with Crippen LogP contribution in [0.5, 0.6) is 0 Å². The van der Waals surface area contributed by atoms with Crippen LogP contribution in [0.25, 0.3) is 5.69 Å². The van der Waals surface area contributed by atoms with Crippen LogP contribution >= 0.6 is 11.3 Å². The normalized spacial score (nSPS) is 16.7. The Balaban J connectivity index is 1.84. The zero-order valence-electron chi connectivity index (χ0n) is 14.3. The molecule has 0 unspecified atom stereocenters. The lowest BCUT2D eigenvalue weighted by molar-refractivity contribution is -0.137. The first-order valence-corrected chi connectivity index (χ1v) is 9.36. The van der Waals surface area contributed by atoms with Crippen molar-refractivity contribution < 1.29 is 18.0 Å². The number of nitrogens with one attached hydrogen (secondary N) is 1. The molecule has 1 fully saturated rings. The van der Waals surface area contributed by atoms with E-state index in [9.17, 15) is 18.0 Å². The van der Waals surface area contributed by atoms with Crippen molar-refractivity contribution >= 4 is 17.4 Å². The van der Waals surface area contributed by atoms with E-state index in [0.717, 1.165) is 42.7 Å². The van der Waals surface area contributed by atoms with Crippen molar-refractivity contribution in [3.63, 3.8) is 0 Å². The number of carbonyl (C=O) groups excluding carboxylic acids is 1. The minimum absolute atomic E-state index is 0.153. The van der Waals surface area contributed by atoms with Crippen LogP contribution in [0.4, 0.5) is 18.0 Å². The molecule has 2 amide bonds. The standard InChI is InChI=1S/C18H20F3N3OS/c1-12-11-24(15-9-7-13(8-10-15)18(19,20)21)17(26-12)23-16(25)22-14-5-3-2-4-6-14/h7-11,14H,2-6H2,1H3,(H,22,25)/b23-17-. The lowest BCUT2D eigenvalue weighted by Gasteiger charge is -2.21. The number of halogens is 3. The fourth-order valence-electron chi connectivity index (χ4n) is 3.07. The molecule has 1 N–H and O–H groups in total. The summed E-state index contributed by atoms with van der Waals surface area (Å²) in [5.74, 6) is 0. The molecule has 1 aromatic heterocycles. The monoisotopic (exact) mass is 383 g/mol. The van der Waals surface area contributed by atoms with E-state index in [0.29, 0.717) is 10.5 Å². The lowest BCUT2D eigenvalue weighted by atomic mass is 9.96. The molecule has 0 atom stereocenters. The third kappa shape index (κ3) is 4.55. The van der Waals surface area contributed by atoms with E-state index in [4.69, 9.17) is 0 Å². The summed E-state index contributed by atoms with van der Waals surface area (Å²) in [6.45, 7) is 1.86. The Morgan fingerprint density at radius 2 is 1.85 bits per heavy atom. The fourth-order valence-corrected chi connectivity index (χ4v) is 3.90. The summed E-state index contributed by atoms with van der Waals surface area (Å²) in [5.41, 5.74) is -0.172. The molecule has 0 saturated heterocycles. The number of benzene rings is 1. The van der Waals surface area contributed by atoms with Gasteiger partial charge >= 0.3 is 12.2 Å². The number of aromatic nitrogens is 1. The van der Waals surface area contributed by atoms with Gasteiger partial charge < -0.3 is 5.32 Å². The van der Waals surface area contributed by atoms with Gasteiger partial charge in [0, 0.05) is 22.8 Å². The highest BCUT2D eigenvalue weighted by atomic mass is 32.1. The van der Waals surface area contributed by atoms with Crippen molar-refractivity contribution in [2.45, 2.75) is 51.2 Å². The van der Waals surface area contributed by atoms with E-state index in [1.807, 2.05) is 6.92 Å². The van der Waals surface area contributed by atoms with Gasteiger partial charge in [-0.2, -0.15) is 18.2 Å². The predicted molar refractivity (Wildman–Crippen MR) is 94.4 cm³/mol. The van der Waals surface area contributed by atoms with Crippen LogP contribution in [0.2, 0.25) is 0 Å². The molecule has 0 bridgehead atoms. The Morgan fingerprint density at radius 1 is 1.19 bits per heavy atom. The molecular weight excluding hydrogens is 363 g/mol. The number of rotatable bonds is 2. The first kappa shape index (κ1) is 18.7. The van der Waals surface area contributed by atoms with Crippen LogP contribution in [0.1, 0.15) is 42.5 Å². The molecule has 0 spiro atoms. The Hall–Kier alpha value is -2.09. The van der Waals surface area contributed by atoms with Gasteiger partial charge in [0.15, 0.2) is 4.80 Å². The molecule has 140 valence electrons. The second-order valence-electron chi connectivity index (χ2n) is 6.44. The topological polar surface area (TPSA) is 46.4 Å². The first-order valence-electron chi connectivity index (χ1n) is 8.55. The third-order valence-electron chi connectivity index (χ3n) is 4.37. The minimum atomic E-state index is -4.37. The Kier molecular flexibility index (Phi) is 5.50. The molecule has 3 rings (SSSR count). The molecule has 1 saturated carbocycles. The van der Waals surface area contributed by atoms with E-state index in [2.05, 4.69) is 10.3 Å². The second-order valence-corrected chi connectivity index (χ2v) is 7.65. The maximum absolute atomic E-state index is 12.7. The highest BCUT2D eigenvalue weighted by molar-refractivity contribution is 7.09. The average Bonchev–Trinajstić information content (AvgIpc) is 2.95. The van der Waals surface area contributed by atoms with E-state index < -0.39 is 17.8 Å². The number of urea groups is 1. The van der Waals surface area contributed by atoms with Crippen LogP contribution in [-0.4, -0.2) is 16.6 Å². The van der Waals surface area contributed by atoms with Crippen LogP contribution in [-0.2, 0) is 6.18 Å². The summed E-state index contributed by atoms with van der Waals surface area (Å²) in [7, 11) is 0. The van der Waals surface area contributed by atoms with Crippen molar-refractivity contribution in [3.05, 3.63) is 45.7 Å². The van der Waals surface area contributed by atoms with Crippen LogP contribution < -0.4 is 10.1 Å². The molecular formula is C18H20F3N3OS. The number of nitrogens with zero attached hydrogens (tertiary/aromatic N) is 2. The summed E-state index contributed by atoms with van der Waals surface area (Å²) >= 11 is 1.32. The van der Waals surface area contributed by atoms with Gasteiger partial charge in [-0.05, 0) is 44.0 Å². The molecule has 2 aromatic rings. The van der Waals surface area contributed by atoms with E-state index in [-0.39, 0.29) is 6.04 Å². The second kappa shape index (κ2) is 7.65. The van der Waals surface area contributed by atoms with E-state index >= 15 is 0 Å². The van der Waals surface area contributed by atoms with Gasteiger partial charge in [0.25, 0.3) is 0 Å². The van der Waals surface area contributed by atoms with Crippen molar-refractivity contribution in [1.82, 2.24) is 9.88 Å². The van der Waals surface area contributed by atoms with Crippen molar-refractivity contribution in [1.29, 1.82) is 0 Å². The summed E-state index contributed by atoms with van der Waals surface area (Å²) in [6, 6.07) is 4.57. The minimum Gasteiger partial charge on any atom is -0.333 e. The molecule has 1 aliphatic carbocycles. The number of thiazole rings is 1. The molecule has 26 heavy (non-hydrogen) atoms. The maximum Gasteiger partial charge on any atom is 0.416 e. The highest BCUT2D eigenvalue weighted by Crippen LogP contribution is 2.29. The Bertz CT molecular complexity index is 831. The zero-order valence-corrected chi connectivity index (χ0v) is 15.2. The van der Waals surface area contributed by atoms with Crippen LogP contribution in [0.3, 0.4) is 0 Å². The largest absolute Gasteiger partial charge is 0.416 e. The average molecular weight is 383 g/mol. The van der Waals surface area contributed by atoms with Gasteiger partial charge in [0.2, 0.25) is 0 Å². The third-order valence-corrected chi connectivity index (χ3v) is 5.27. The summed E-state index contributed by atoms with van der Waals surface area (Å²) in [5, 5.41) is 2.92. The fraction of sp³-hybridized carbons (Fsp3) is 0.444. The SMILES string of the molecule is Cc1cn(-c2ccc(C(F)(F)F)cc2)/c(=N/C(=O)NC2CCCCC2)s1. The number of alkyl halides is 3. The number of amides is 2. The molecule has 8 heteroatoms. The highest BCUT2D eigenvalue weighted by Gasteiger charge is 2.30. The van der Waals surface area contributed by atoms with E-state index in [1.54, 1.807) is 10.8 Å². The molecule has 1 aromatic carbocycles. The number of aryl methyl sites for hydroxylation is 1. The van der Waals surface area contributed by atoms with Gasteiger partial charge in [0.05, 0.1) is 5.56 Å². The molecule has 0 aliphatic heterocycles. The molecule has 4 nitrogen and oxygen atoms in total. The van der Waals surface area contributed by atoms with Crippen molar-refractivity contribution in [2.24, 2.45) is 4.99 Å². The number of carbonyl (C=O) groups is 1. The Morgan fingerprint density at radius 3 is 2.46 bits per heavy atom. The van der Waals surface area contributed by atoms with Crippen LogP contribution in [0.15, 0.2) is 35.5 Å². The van der Waals surface area contributed by atoms with Gasteiger partial charge in [-0.15, -0.1) is 11.3 Å². The van der Waals surface area contributed by atoms with Crippen molar-refractivity contribution in [2.75, 3.05) is 0 Å². The zero-order chi connectivity index (χ0) is 18.7. The van der Waals surface area contributed by atoms with E-state index in [1.165, 1.54) is 29.9 Å². The first-order chi connectivity index (χ1) is 12.3. The summed E-state index contributed by atoms with van der Waals surface area (Å²) in [4.78, 5) is 17.7. The number of hydrogen-bond donors (Lipinski definition) is 1. The molecule has 1 heterocycles. The maximum atomic E-state index is 12.7. The smallest absolute Gasteiger partial charge is 0.333 e. The van der Waals surface area contributed by atoms with Crippen molar-refractivity contribution in [3.8, 4) is 5.69 Å². The quantitative estimate of drug-likeness (QED) is 0.795. The van der Waals surface area contributed by atoms with Gasteiger partial charge in [-0.3, -0.25) is 4.57 Å².